The Morgan fingerprint density at radius 2 is 1.62 bits per heavy atom. The highest BCUT2D eigenvalue weighted by molar-refractivity contribution is 5.80. The molecule has 2 nitrogen and oxygen atoms in total. The quantitative estimate of drug-likeness (QED) is 0.900. The van der Waals surface area contributed by atoms with Crippen molar-refractivity contribution >= 4 is 5.91 Å². The number of hydrogen-bond acceptors (Lipinski definition) is 1. The molecule has 0 aliphatic heterocycles. The van der Waals surface area contributed by atoms with Gasteiger partial charge in [0.25, 0.3) is 0 Å². The van der Waals surface area contributed by atoms with Gasteiger partial charge in [0.1, 0.15) is 0 Å². The third-order valence-corrected chi connectivity index (χ3v) is 4.31. The molecule has 0 unspecified atom stereocenters. The van der Waals surface area contributed by atoms with Crippen molar-refractivity contribution in [2.24, 2.45) is 5.92 Å². The lowest BCUT2D eigenvalue weighted by atomic mass is 9.84. The molecule has 21 heavy (non-hydrogen) atoms. The molecule has 3 rings (SSSR count). The van der Waals surface area contributed by atoms with E-state index in [1.165, 1.54) is 12.0 Å². The Labute approximate surface area is 126 Å². The lowest BCUT2D eigenvalue weighted by Crippen LogP contribution is -2.37. The van der Waals surface area contributed by atoms with Crippen molar-refractivity contribution in [3.05, 3.63) is 71.3 Å². The number of rotatable bonds is 4. The lowest BCUT2D eigenvalue weighted by Gasteiger charge is -2.28. The van der Waals surface area contributed by atoms with Crippen molar-refractivity contribution in [1.82, 2.24) is 5.32 Å². The van der Waals surface area contributed by atoms with E-state index in [-0.39, 0.29) is 17.9 Å². The van der Waals surface area contributed by atoms with Crippen LogP contribution in [-0.2, 0) is 4.79 Å². The van der Waals surface area contributed by atoms with Gasteiger partial charge in [0.2, 0.25) is 5.91 Å². The second kappa shape index (κ2) is 6.13. The van der Waals surface area contributed by atoms with Gasteiger partial charge in [0.15, 0.2) is 0 Å². The van der Waals surface area contributed by atoms with Crippen LogP contribution in [0.1, 0.15) is 42.0 Å². The molecule has 108 valence electrons. The van der Waals surface area contributed by atoms with Crippen LogP contribution in [0, 0.1) is 12.8 Å². The number of hydrogen-bond donors (Lipinski definition) is 1. The average molecular weight is 279 g/mol. The Bertz CT molecular complexity index is 599. The molecule has 1 saturated carbocycles. The zero-order valence-electron chi connectivity index (χ0n) is 12.4. The Kier molecular flexibility index (Phi) is 4.05. The summed E-state index contributed by atoms with van der Waals surface area (Å²) in [6, 6.07) is 18.5. The van der Waals surface area contributed by atoms with Gasteiger partial charge in [-0.05, 0) is 30.9 Å². The summed E-state index contributed by atoms with van der Waals surface area (Å²) >= 11 is 0. The summed E-state index contributed by atoms with van der Waals surface area (Å²) < 4.78 is 0. The van der Waals surface area contributed by atoms with Gasteiger partial charge in [0.05, 0.1) is 6.04 Å². The van der Waals surface area contributed by atoms with Gasteiger partial charge in [-0.25, -0.2) is 0 Å². The second-order valence-electron chi connectivity index (χ2n) is 5.89. The maximum Gasteiger partial charge on any atom is 0.223 e. The molecule has 1 aliphatic rings. The first-order chi connectivity index (χ1) is 10.2. The first-order valence-electron chi connectivity index (χ1n) is 7.66. The SMILES string of the molecule is Cc1ccc([C@H](NC(=O)C2CCC2)c2ccccc2)cc1. The zero-order chi connectivity index (χ0) is 14.7. The van der Waals surface area contributed by atoms with Crippen molar-refractivity contribution in [2.45, 2.75) is 32.2 Å². The van der Waals surface area contributed by atoms with Crippen LogP contribution in [0.2, 0.25) is 0 Å². The van der Waals surface area contributed by atoms with Gasteiger partial charge in [-0.1, -0.05) is 66.6 Å². The normalized spacial score (nSPS) is 16.0. The van der Waals surface area contributed by atoms with Gasteiger partial charge >= 0.3 is 0 Å². The smallest absolute Gasteiger partial charge is 0.223 e. The number of carbonyl (C=O) groups is 1. The number of carbonyl (C=O) groups excluding carboxylic acids is 1. The van der Waals surface area contributed by atoms with Crippen LogP contribution < -0.4 is 5.32 Å². The van der Waals surface area contributed by atoms with E-state index in [1.807, 2.05) is 18.2 Å². The minimum Gasteiger partial charge on any atom is -0.345 e. The van der Waals surface area contributed by atoms with E-state index in [0.717, 1.165) is 24.0 Å². The van der Waals surface area contributed by atoms with Crippen molar-refractivity contribution in [3.8, 4) is 0 Å². The summed E-state index contributed by atoms with van der Waals surface area (Å²) in [5, 5.41) is 3.23. The van der Waals surface area contributed by atoms with Crippen molar-refractivity contribution in [3.63, 3.8) is 0 Å². The van der Waals surface area contributed by atoms with E-state index in [4.69, 9.17) is 0 Å². The molecule has 0 radical (unpaired) electrons. The zero-order valence-corrected chi connectivity index (χ0v) is 12.4. The molecule has 0 aromatic heterocycles. The average Bonchev–Trinajstić information content (AvgIpc) is 2.45. The van der Waals surface area contributed by atoms with E-state index < -0.39 is 0 Å². The van der Waals surface area contributed by atoms with E-state index in [0.29, 0.717) is 0 Å². The van der Waals surface area contributed by atoms with Crippen LogP contribution in [0.5, 0.6) is 0 Å². The molecule has 2 aromatic carbocycles. The lowest BCUT2D eigenvalue weighted by molar-refractivity contribution is -0.127. The van der Waals surface area contributed by atoms with Gasteiger partial charge in [-0.2, -0.15) is 0 Å². The third-order valence-electron chi connectivity index (χ3n) is 4.31. The van der Waals surface area contributed by atoms with E-state index in [1.54, 1.807) is 0 Å². The fourth-order valence-electron chi connectivity index (χ4n) is 2.69. The topological polar surface area (TPSA) is 29.1 Å². The molecule has 1 atom stereocenters. The summed E-state index contributed by atoms with van der Waals surface area (Å²) in [6.07, 6.45) is 3.24. The highest BCUT2D eigenvalue weighted by atomic mass is 16.2. The number of amides is 1. The summed E-state index contributed by atoms with van der Waals surface area (Å²) in [7, 11) is 0. The molecule has 0 heterocycles. The minimum atomic E-state index is -0.0556. The minimum absolute atomic E-state index is 0.0556. The summed E-state index contributed by atoms with van der Waals surface area (Å²) in [5.41, 5.74) is 3.50. The Balaban J connectivity index is 1.87. The van der Waals surface area contributed by atoms with Crippen LogP contribution in [0.4, 0.5) is 0 Å². The fourth-order valence-corrected chi connectivity index (χ4v) is 2.69. The number of aryl methyl sites for hydroxylation is 1. The van der Waals surface area contributed by atoms with Crippen LogP contribution in [-0.4, -0.2) is 5.91 Å². The van der Waals surface area contributed by atoms with E-state index in [9.17, 15) is 4.79 Å². The first kappa shape index (κ1) is 13.9. The molecule has 1 aliphatic carbocycles. The molecule has 0 bridgehead atoms. The van der Waals surface area contributed by atoms with Crippen molar-refractivity contribution < 1.29 is 4.79 Å². The molecule has 1 amide bonds. The standard InChI is InChI=1S/C19H21NO/c1-14-10-12-16(13-11-14)18(15-6-3-2-4-7-15)20-19(21)17-8-5-9-17/h2-4,6-7,10-13,17-18H,5,8-9H2,1H3,(H,20,21)/t18-/m1/s1. The first-order valence-corrected chi connectivity index (χ1v) is 7.66. The molecular formula is C19H21NO. The third kappa shape index (κ3) is 3.15. The maximum atomic E-state index is 12.3. The molecule has 2 aromatic rings. The van der Waals surface area contributed by atoms with Crippen molar-refractivity contribution in [1.29, 1.82) is 0 Å². The molecule has 0 spiro atoms. The maximum absolute atomic E-state index is 12.3. The van der Waals surface area contributed by atoms with Gasteiger partial charge in [0, 0.05) is 5.92 Å². The van der Waals surface area contributed by atoms with Crippen LogP contribution in [0.25, 0.3) is 0 Å². The Hall–Kier alpha value is -2.09. The summed E-state index contributed by atoms with van der Waals surface area (Å²) in [6.45, 7) is 2.08. The summed E-state index contributed by atoms with van der Waals surface area (Å²) in [5.74, 6) is 0.400. The van der Waals surface area contributed by atoms with Crippen LogP contribution >= 0.6 is 0 Å². The monoisotopic (exact) mass is 279 g/mol. The van der Waals surface area contributed by atoms with Gasteiger partial charge < -0.3 is 5.32 Å². The van der Waals surface area contributed by atoms with E-state index in [2.05, 4.69) is 48.6 Å². The second-order valence-corrected chi connectivity index (χ2v) is 5.89. The van der Waals surface area contributed by atoms with Crippen LogP contribution in [0.3, 0.4) is 0 Å². The number of benzene rings is 2. The molecule has 1 N–H and O–H groups in total. The summed E-state index contributed by atoms with van der Waals surface area (Å²) in [4.78, 5) is 12.3. The fraction of sp³-hybridized carbons (Fsp3) is 0.316. The highest BCUT2D eigenvalue weighted by Gasteiger charge is 2.27. The Morgan fingerprint density at radius 1 is 1.00 bits per heavy atom. The molecular weight excluding hydrogens is 258 g/mol. The van der Waals surface area contributed by atoms with Gasteiger partial charge in [-0.3, -0.25) is 4.79 Å². The number of nitrogens with one attached hydrogen (secondary N) is 1. The Morgan fingerprint density at radius 3 is 2.19 bits per heavy atom. The highest BCUT2D eigenvalue weighted by Crippen LogP contribution is 2.29. The molecule has 0 saturated heterocycles. The molecule has 2 heteroatoms. The van der Waals surface area contributed by atoms with Crippen LogP contribution in [0.15, 0.2) is 54.6 Å². The van der Waals surface area contributed by atoms with E-state index >= 15 is 0 Å². The molecule has 1 fully saturated rings. The largest absolute Gasteiger partial charge is 0.345 e. The predicted octanol–water partition coefficient (Wildman–Crippen LogP) is 4.00. The van der Waals surface area contributed by atoms with Gasteiger partial charge in [-0.15, -0.1) is 0 Å². The van der Waals surface area contributed by atoms with Crippen molar-refractivity contribution in [2.75, 3.05) is 0 Å². The predicted molar refractivity (Wildman–Crippen MR) is 84.9 cm³/mol.